The van der Waals surface area contributed by atoms with Gasteiger partial charge >= 0.3 is 0 Å². The maximum atomic E-state index is 13.2. The molecule has 2 heterocycles. The van der Waals surface area contributed by atoms with Crippen LogP contribution in [0.15, 0.2) is 11.6 Å². The molecule has 1 unspecified atom stereocenters. The van der Waals surface area contributed by atoms with Gasteiger partial charge in [0.05, 0.1) is 31.5 Å². The Labute approximate surface area is 290 Å². The number of aliphatic hydroxyl groups excluding tert-OH is 7. The summed E-state index contributed by atoms with van der Waals surface area (Å²) in [5.41, 5.74) is -0.752. The minimum Gasteiger partial charge on any atom is -0.393 e. The Kier molecular flexibility index (Phi) is 11.0. The number of aliphatic hydroxyl groups is 8. The highest BCUT2D eigenvalue weighted by Gasteiger charge is 2.70. The number of ether oxygens (including phenoxy) is 4. The molecule has 0 aromatic heterocycles. The van der Waals surface area contributed by atoms with Crippen LogP contribution in [0.2, 0.25) is 0 Å². The molecule has 4 aliphatic carbocycles. The van der Waals surface area contributed by atoms with E-state index in [0.717, 1.165) is 38.5 Å². The normalized spacial score (nSPS) is 51.4. The number of fused-ring (bicyclic) bond motifs is 5. The molecule has 0 spiro atoms. The van der Waals surface area contributed by atoms with Crippen molar-refractivity contribution in [2.75, 3.05) is 13.2 Å². The molecule has 2 saturated heterocycles. The zero-order valence-electron chi connectivity index (χ0n) is 29.8. The molecule has 0 aromatic rings. The summed E-state index contributed by atoms with van der Waals surface area (Å²) in [6.07, 6.45) is -4.19. The fraction of sp³-hybridized carbons (Fsp3) is 0.946. The van der Waals surface area contributed by atoms with Crippen LogP contribution in [0, 0.1) is 40.4 Å². The third kappa shape index (κ3) is 6.48. The average Bonchev–Trinajstić information content (AvgIpc) is 3.29. The summed E-state index contributed by atoms with van der Waals surface area (Å²) in [5.74, 6) is 0.538. The maximum Gasteiger partial charge on any atom is 0.186 e. The Bertz CT molecular complexity index is 1180. The molecule has 3 saturated carbocycles. The third-order valence-electron chi connectivity index (χ3n) is 14.1. The quantitative estimate of drug-likeness (QED) is 0.161. The summed E-state index contributed by atoms with van der Waals surface area (Å²) in [6.45, 7) is 10.0. The molecular weight excluding hydrogens is 636 g/mol. The molecule has 6 aliphatic rings. The molecule has 2 aliphatic heterocycles. The van der Waals surface area contributed by atoms with Gasteiger partial charge in [-0.15, -0.1) is 0 Å². The van der Waals surface area contributed by atoms with Crippen molar-refractivity contribution in [1.82, 2.24) is 0 Å². The fourth-order valence-corrected chi connectivity index (χ4v) is 11.0. The molecule has 0 aromatic carbocycles. The molecule has 12 nitrogen and oxygen atoms in total. The summed E-state index contributed by atoms with van der Waals surface area (Å²) < 4.78 is 23.7. The highest BCUT2D eigenvalue weighted by Crippen LogP contribution is 2.69. The van der Waals surface area contributed by atoms with E-state index in [-0.39, 0.29) is 36.6 Å². The summed E-state index contributed by atoms with van der Waals surface area (Å²) in [7, 11) is 0. The van der Waals surface area contributed by atoms with E-state index in [2.05, 4.69) is 33.8 Å². The SMILES string of the molecule is CC(C)CCC(O)[C@@H](C)[C@@]1(O)[C@@H](O[C@@H]2OC[C@H](O)[C@H](O[C@@H]3OC[C@@H](O)[C@H](O)[C@H]3O)[C@H]2O)C[C@H]2[C@@H]3CC=C4C[C@@H](O)CC[C@]4(C)[C@H]3CC[C@@]21C. The third-order valence-corrected chi connectivity index (χ3v) is 14.1. The van der Waals surface area contributed by atoms with Crippen molar-refractivity contribution in [2.45, 2.75) is 166 Å². The highest BCUT2D eigenvalue weighted by molar-refractivity contribution is 5.27. The van der Waals surface area contributed by atoms with Gasteiger partial charge in [-0.2, -0.15) is 0 Å². The van der Waals surface area contributed by atoms with Gasteiger partial charge < -0.3 is 59.8 Å². The van der Waals surface area contributed by atoms with E-state index in [4.69, 9.17) is 18.9 Å². The average molecular weight is 699 g/mol. The predicted octanol–water partition coefficient (Wildman–Crippen LogP) is 1.37. The van der Waals surface area contributed by atoms with Crippen molar-refractivity contribution in [3.05, 3.63) is 11.6 Å². The van der Waals surface area contributed by atoms with Crippen LogP contribution in [-0.4, -0.2) is 127 Å². The zero-order valence-corrected chi connectivity index (χ0v) is 29.8. The molecule has 0 bridgehead atoms. The van der Waals surface area contributed by atoms with Gasteiger partial charge in [0, 0.05) is 11.3 Å². The van der Waals surface area contributed by atoms with E-state index in [1.165, 1.54) is 5.57 Å². The lowest BCUT2D eigenvalue weighted by Crippen LogP contribution is -2.64. The number of hydrogen-bond donors (Lipinski definition) is 8. The minimum atomic E-state index is -1.62. The Morgan fingerprint density at radius 3 is 2.20 bits per heavy atom. The zero-order chi connectivity index (χ0) is 35.6. The highest BCUT2D eigenvalue weighted by atomic mass is 16.7. The van der Waals surface area contributed by atoms with Crippen LogP contribution in [0.1, 0.15) is 92.4 Å². The van der Waals surface area contributed by atoms with Crippen LogP contribution < -0.4 is 0 Å². The van der Waals surface area contributed by atoms with Crippen molar-refractivity contribution in [2.24, 2.45) is 40.4 Å². The largest absolute Gasteiger partial charge is 0.393 e. The summed E-state index contributed by atoms with van der Waals surface area (Å²) in [5, 5.41) is 88.0. The van der Waals surface area contributed by atoms with E-state index in [1.54, 1.807) is 0 Å². The van der Waals surface area contributed by atoms with Crippen LogP contribution in [0.4, 0.5) is 0 Å². The van der Waals surface area contributed by atoms with Gasteiger partial charge in [-0.3, -0.25) is 0 Å². The van der Waals surface area contributed by atoms with Gasteiger partial charge in [-0.1, -0.05) is 46.3 Å². The van der Waals surface area contributed by atoms with Crippen LogP contribution in [0.3, 0.4) is 0 Å². The lowest BCUT2D eigenvalue weighted by Gasteiger charge is -2.60. The fourth-order valence-electron chi connectivity index (χ4n) is 11.0. The molecular formula is C37H62O12. The molecule has 8 N–H and O–H groups in total. The molecule has 6 rings (SSSR count). The molecule has 0 radical (unpaired) electrons. The van der Waals surface area contributed by atoms with Crippen LogP contribution in [0.25, 0.3) is 0 Å². The maximum absolute atomic E-state index is 13.2. The van der Waals surface area contributed by atoms with Gasteiger partial charge in [-0.05, 0) is 86.9 Å². The van der Waals surface area contributed by atoms with Gasteiger partial charge in [0.25, 0.3) is 0 Å². The van der Waals surface area contributed by atoms with Crippen molar-refractivity contribution >= 4 is 0 Å². The second kappa shape index (κ2) is 14.2. The van der Waals surface area contributed by atoms with E-state index < -0.39 is 78.3 Å². The molecule has 18 atom stereocenters. The standard InChI is InChI=1S/C37H62O12/c1-18(2)6-9-25(39)19(3)37(45)28(48-34-31(44)32(27(41)17-47-34)49-33-30(43)29(42)26(40)16-46-33)15-24-22-8-7-20-14-21(38)10-12-35(20,4)23(22)11-13-36(24,37)5/h7,18-19,21-34,38-45H,6,8-17H2,1-5H3/t19-,21+,22-,23+,24+,25?,26-,27+,28+,29+,30-,31-,32+,33+,34+,35+,36+,37-/m1/s1. The van der Waals surface area contributed by atoms with Gasteiger partial charge in [0.1, 0.15) is 42.2 Å². The van der Waals surface area contributed by atoms with Crippen molar-refractivity contribution in [3.63, 3.8) is 0 Å². The number of hydrogen-bond acceptors (Lipinski definition) is 12. The smallest absolute Gasteiger partial charge is 0.186 e. The van der Waals surface area contributed by atoms with Crippen LogP contribution in [0.5, 0.6) is 0 Å². The molecule has 12 heteroatoms. The first-order valence-electron chi connectivity index (χ1n) is 18.7. The number of rotatable bonds is 9. The topological polar surface area (TPSA) is 199 Å². The monoisotopic (exact) mass is 698 g/mol. The lowest BCUT2D eigenvalue weighted by molar-refractivity contribution is -0.346. The van der Waals surface area contributed by atoms with Gasteiger partial charge in [0.15, 0.2) is 12.6 Å². The Hall–Kier alpha value is -0.740. The Balaban J connectivity index is 1.28. The second-order valence-electron chi connectivity index (χ2n) is 17.2. The summed E-state index contributed by atoms with van der Waals surface area (Å²) in [4.78, 5) is 0. The summed E-state index contributed by atoms with van der Waals surface area (Å²) >= 11 is 0. The van der Waals surface area contributed by atoms with Crippen molar-refractivity contribution < 1.29 is 59.8 Å². The van der Waals surface area contributed by atoms with Gasteiger partial charge in [-0.25, -0.2) is 0 Å². The van der Waals surface area contributed by atoms with Crippen LogP contribution >= 0.6 is 0 Å². The molecule has 0 amide bonds. The van der Waals surface area contributed by atoms with E-state index in [1.807, 2.05) is 6.92 Å². The first kappa shape index (κ1) is 38.0. The van der Waals surface area contributed by atoms with E-state index in [0.29, 0.717) is 31.1 Å². The Morgan fingerprint density at radius 2 is 1.51 bits per heavy atom. The first-order valence-corrected chi connectivity index (χ1v) is 18.7. The molecule has 282 valence electrons. The number of allylic oxidation sites excluding steroid dienone is 1. The second-order valence-corrected chi connectivity index (χ2v) is 17.2. The summed E-state index contributed by atoms with van der Waals surface area (Å²) in [6, 6.07) is 0. The van der Waals surface area contributed by atoms with Crippen LogP contribution in [-0.2, 0) is 18.9 Å². The van der Waals surface area contributed by atoms with Crippen molar-refractivity contribution in [3.8, 4) is 0 Å². The Morgan fingerprint density at radius 1 is 0.837 bits per heavy atom. The lowest BCUT2D eigenvalue weighted by atomic mass is 9.46. The minimum absolute atomic E-state index is 0.0122. The van der Waals surface area contributed by atoms with E-state index in [9.17, 15) is 40.9 Å². The predicted molar refractivity (Wildman–Crippen MR) is 177 cm³/mol. The first-order chi connectivity index (χ1) is 23.0. The van der Waals surface area contributed by atoms with E-state index >= 15 is 0 Å². The van der Waals surface area contributed by atoms with Gasteiger partial charge in [0.2, 0.25) is 0 Å². The molecule has 5 fully saturated rings. The molecule has 49 heavy (non-hydrogen) atoms. The van der Waals surface area contributed by atoms with Crippen molar-refractivity contribution in [1.29, 1.82) is 0 Å².